The molecule has 20 heteroatoms. The zero-order valence-corrected chi connectivity index (χ0v) is 27.0. The molecular formula is C30H37N9O11. The second-order valence-electron chi connectivity index (χ2n) is 10.8. The van der Waals surface area contributed by atoms with Crippen LogP contribution < -0.4 is 51.2 Å². The Kier molecular flexibility index (Phi) is 12.5. The lowest BCUT2D eigenvalue weighted by atomic mass is 10.3. The number of allylic oxidation sites excluding steroid dienone is 5. The molecule has 0 radical (unpaired) electrons. The van der Waals surface area contributed by atoms with Crippen LogP contribution in [0.25, 0.3) is 0 Å². The summed E-state index contributed by atoms with van der Waals surface area (Å²) < 4.78 is 5.14. The number of aromatic nitrogens is 9. The van der Waals surface area contributed by atoms with Gasteiger partial charge in [-0.05, 0) is 0 Å². The van der Waals surface area contributed by atoms with E-state index in [1.807, 2.05) is 0 Å². The molecule has 50 heavy (non-hydrogen) atoms. The van der Waals surface area contributed by atoms with Gasteiger partial charge in [0.25, 0.3) is 0 Å². The Morgan fingerprint density at radius 1 is 0.340 bits per heavy atom. The fourth-order valence-electron chi connectivity index (χ4n) is 5.06. The fraction of sp³-hybridized carbons (Fsp3) is 0.367. The molecule has 0 aliphatic carbocycles. The molecule has 2 atom stereocenters. The van der Waals surface area contributed by atoms with Gasteiger partial charge in [0.15, 0.2) is 0 Å². The number of nitrogens with zero attached hydrogens (tertiary/aromatic N) is 9. The molecule has 0 amide bonds. The highest BCUT2D eigenvalue weighted by Gasteiger charge is 2.23. The number of rotatable bonds is 18. The lowest BCUT2D eigenvalue weighted by molar-refractivity contribution is 0.115. The van der Waals surface area contributed by atoms with Crippen molar-refractivity contribution in [3.63, 3.8) is 0 Å². The van der Waals surface area contributed by atoms with Crippen molar-refractivity contribution in [2.24, 2.45) is 0 Å². The van der Waals surface area contributed by atoms with Gasteiger partial charge in [-0.15, -0.1) is 32.9 Å². The van der Waals surface area contributed by atoms with E-state index < -0.39 is 96.1 Å². The molecule has 0 aromatic carbocycles. The number of hydrogen-bond acceptors (Lipinski definition) is 11. The fourth-order valence-corrected chi connectivity index (χ4v) is 5.06. The van der Waals surface area contributed by atoms with E-state index in [0.29, 0.717) is 41.1 Å². The Morgan fingerprint density at radius 3 is 0.640 bits per heavy atom. The molecule has 3 aromatic rings. The van der Waals surface area contributed by atoms with Gasteiger partial charge >= 0.3 is 51.2 Å². The molecule has 0 saturated carbocycles. The summed E-state index contributed by atoms with van der Waals surface area (Å²) >= 11 is 0. The molecular weight excluding hydrogens is 662 g/mol. The molecule has 0 aliphatic heterocycles. The maximum Gasteiger partial charge on any atom is 0.336 e. The Bertz CT molecular complexity index is 2140. The Labute approximate surface area is 280 Å². The summed E-state index contributed by atoms with van der Waals surface area (Å²) in [6.07, 6.45) is 2.47. The molecule has 0 saturated heterocycles. The van der Waals surface area contributed by atoms with Crippen LogP contribution in [-0.2, 0) is 58.9 Å². The van der Waals surface area contributed by atoms with Gasteiger partial charge < -0.3 is 10.2 Å². The van der Waals surface area contributed by atoms with Crippen LogP contribution in [0, 0.1) is 0 Å². The van der Waals surface area contributed by atoms with Crippen molar-refractivity contribution in [3.05, 3.63) is 158 Å². The van der Waals surface area contributed by atoms with Crippen LogP contribution in [0.2, 0.25) is 0 Å². The third kappa shape index (κ3) is 7.45. The van der Waals surface area contributed by atoms with Crippen LogP contribution >= 0.6 is 0 Å². The third-order valence-electron chi connectivity index (χ3n) is 7.29. The Morgan fingerprint density at radius 2 is 0.480 bits per heavy atom. The summed E-state index contributed by atoms with van der Waals surface area (Å²) in [6.45, 7) is 12.4. The third-order valence-corrected chi connectivity index (χ3v) is 7.29. The Balaban J connectivity index is 2.10. The van der Waals surface area contributed by atoms with Gasteiger partial charge in [0, 0.05) is 0 Å². The zero-order chi connectivity index (χ0) is 37.4. The minimum absolute atomic E-state index is 0.284. The molecule has 20 nitrogen and oxygen atoms in total. The van der Waals surface area contributed by atoms with Crippen LogP contribution in [0.3, 0.4) is 0 Å². The molecule has 2 unspecified atom stereocenters. The highest BCUT2D eigenvalue weighted by Crippen LogP contribution is 1.93. The van der Waals surface area contributed by atoms with Crippen molar-refractivity contribution in [1.29, 1.82) is 0 Å². The predicted octanol–water partition coefficient (Wildman–Crippen LogP) is -4.81. The molecule has 2 N–H and O–H groups in total. The van der Waals surface area contributed by atoms with Crippen molar-refractivity contribution in [2.75, 3.05) is 0 Å². The van der Waals surface area contributed by atoms with Gasteiger partial charge in [0.2, 0.25) is 0 Å². The average Bonchev–Trinajstić information content (AvgIpc) is 3.08. The normalized spacial score (nSPS) is 12.3. The van der Waals surface area contributed by atoms with Crippen LogP contribution in [-0.4, -0.2) is 63.5 Å². The Hall–Kier alpha value is -6.15. The van der Waals surface area contributed by atoms with Crippen LogP contribution in [0.1, 0.15) is 0 Å². The molecule has 0 fully saturated rings. The largest absolute Gasteiger partial charge is 0.389 e. The van der Waals surface area contributed by atoms with Crippen LogP contribution in [0.5, 0.6) is 0 Å². The first-order chi connectivity index (χ1) is 23.7. The van der Waals surface area contributed by atoms with Gasteiger partial charge in [-0.25, -0.2) is 84.3 Å². The van der Waals surface area contributed by atoms with Crippen LogP contribution in [0.15, 0.2) is 106 Å². The summed E-state index contributed by atoms with van der Waals surface area (Å²) in [5.41, 5.74) is -10.1. The minimum atomic E-state index is -1.81. The maximum atomic E-state index is 13.5. The van der Waals surface area contributed by atoms with E-state index in [1.54, 1.807) is 0 Å². The summed E-state index contributed by atoms with van der Waals surface area (Å²) in [6, 6.07) is 0. The van der Waals surface area contributed by atoms with E-state index in [4.69, 9.17) is 0 Å². The SMILES string of the molecule is C=CCn1c(=O)n(CC=C)c(=O)n(CC(O)Cn2c(=O)n(CC=C)c(=O)n(CC(O)Cn3c(=O)n(CC=C)c(=O)n(CC=C)c3=O)c2=O)c1=O. The molecule has 0 aliphatic rings. The highest BCUT2D eigenvalue weighted by molar-refractivity contribution is 4.89. The molecule has 3 aromatic heterocycles. The van der Waals surface area contributed by atoms with Crippen molar-refractivity contribution in [2.45, 2.75) is 71.1 Å². The monoisotopic (exact) mass is 699 g/mol. The second-order valence-corrected chi connectivity index (χ2v) is 10.8. The van der Waals surface area contributed by atoms with Crippen molar-refractivity contribution in [3.8, 4) is 0 Å². The van der Waals surface area contributed by atoms with E-state index in [-0.39, 0.29) is 26.2 Å². The number of aliphatic hydroxyl groups excluding tert-OH is 2. The first-order valence-electron chi connectivity index (χ1n) is 14.9. The van der Waals surface area contributed by atoms with Gasteiger partial charge in [0.1, 0.15) is 0 Å². The van der Waals surface area contributed by atoms with Crippen LogP contribution in [0.4, 0.5) is 0 Å². The topological polar surface area (TPSA) is 238 Å². The smallest absolute Gasteiger partial charge is 0.336 e. The lowest BCUT2D eigenvalue weighted by Gasteiger charge is -2.19. The van der Waals surface area contributed by atoms with Gasteiger partial charge in [-0.2, -0.15) is 0 Å². The van der Waals surface area contributed by atoms with E-state index >= 15 is 0 Å². The van der Waals surface area contributed by atoms with E-state index in [9.17, 15) is 53.4 Å². The number of aliphatic hydroxyl groups is 2. The molecule has 3 rings (SSSR count). The molecule has 0 spiro atoms. The van der Waals surface area contributed by atoms with Gasteiger partial charge in [-0.3, -0.25) is 0 Å². The van der Waals surface area contributed by atoms with Gasteiger partial charge in [-0.1, -0.05) is 30.4 Å². The van der Waals surface area contributed by atoms with Crippen molar-refractivity contribution in [1.82, 2.24) is 41.1 Å². The van der Waals surface area contributed by atoms with Gasteiger partial charge in [0.05, 0.1) is 71.1 Å². The van der Waals surface area contributed by atoms with Crippen molar-refractivity contribution < 1.29 is 10.2 Å². The second kappa shape index (κ2) is 16.3. The molecule has 3 heterocycles. The summed E-state index contributed by atoms with van der Waals surface area (Å²) in [7, 11) is 0. The average molecular weight is 700 g/mol. The summed E-state index contributed by atoms with van der Waals surface area (Å²) in [5, 5.41) is 21.9. The van der Waals surface area contributed by atoms with Crippen molar-refractivity contribution >= 4 is 0 Å². The zero-order valence-electron chi connectivity index (χ0n) is 27.0. The number of hydrogen-bond donors (Lipinski definition) is 2. The maximum absolute atomic E-state index is 13.5. The quantitative estimate of drug-likeness (QED) is 0.119. The first kappa shape index (κ1) is 38.3. The minimum Gasteiger partial charge on any atom is -0.389 e. The first-order valence-corrected chi connectivity index (χ1v) is 14.9. The highest BCUT2D eigenvalue weighted by atomic mass is 16.3. The molecule has 0 bridgehead atoms. The van der Waals surface area contributed by atoms with E-state index in [2.05, 4.69) is 32.9 Å². The predicted molar refractivity (Wildman–Crippen MR) is 181 cm³/mol. The van der Waals surface area contributed by atoms with E-state index in [1.165, 1.54) is 24.3 Å². The summed E-state index contributed by atoms with van der Waals surface area (Å²) in [4.78, 5) is 117. The lowest BCUT2D eigenvalue weighted by Crippen LogP contribution is -2.58. The standard InChI is InChI=1S/C30H37N9O11/c1-6-11-31-22(42)32(12-7-2)25(45)36(24(31)44)16-20(40)18-38-28(48)35(15-10-5)29(49)39(30(38)50)19-21(41)17-37-26(46)33(13-8-3)23(43)34(14-9-4)27(37)47/h6-10,20-21,40-41H,1-5,11-19H2. The van der Waals surface area contributed by atoms with E-state index in [0.717, 1.165) is 6.08 Å². The molecule has 268 valence electrons. The summed E-state index contributed by atoms with van der Waals surface area (Å²) in [5.74, 6) is 0.